The van der Waals surface area contributed by atoms with Crippen LogP contribution in [0.25, 0.3) is 22.6 Å². The van der Waals surface area contributed by atoms with E-state index in [1.807, 2.05) is 6.07 Å². The summed E-state index contributed by atoms with van der Waals surface area (Å²) in [5, 5.41) is 1.01. The lowest BCUT2D eigenvalue weighted by atomic mass is 9.91. The molecular formula is C21H23N3O. The highest BCUT2D eigenvalue weighted by molar-refractivity contribution is 5.87. The Labute approximate surface area is 147 Å². The Balaban J connectivity index is 1.84. The predicted molar refractivity (Wildman–Crippen MR) is 100 cm³/mol. The molecule has 3 heterocycles. The van der Waals surface area contributed by atoms with Crippen LogP contribution in [0.1, 0.15) is 36.5 Å². The molecule has 0 amide bonds. The van der Waals surface area contributed by atoms with Gasteiger partial charge in [0, 0.05) is 37.0 Å². The highest BCUT2D eigenvalue weighted by Gasteiger charge is 2.27. The minimum absolute atomic E-state index is 0.779. The van der Waals surface area contributed by atoms with E-state index < -0.39 is 0 Å². The fourth-order valence-electron chi connectivity index (χ4n) is 4.42. The van der Waals surface area contributed by atoms with Crippen LogP contribution in [-0.4, -0.2) is 24.6 Å². The summed E-state index contributed by atoms with van der Waals surface area (Å²) in [6.07, 6.45) is 4.68. The Bertz CT molecular complexity index is 1020. The first-order chi connectivity index (χ1) is 12.2. The van der Waals surface area contributed by atoms with E-state index in [1.54, 1.807) is 0 Å². The van der Waals surface area contributed by atoms with Crippen molar-refractivity contribution in [2.24, 2.45) is 4.99 Å². The highest BCUT2D eigenvalue weighted by atomic mass is 16.3. The second kappa shape index (κ2) is 5.58. The van der Waals surface area contributed by atoms with Crippen molar-refractivity contribution in [3.63, 3.8) is 0 Å². The fourth-order valence-corrected chi connectivity index (χ4v) is 4.42. The Morgan fingerprint density at radius 3 is 2.84 bits per heavy atom. The van der Waals surface area contributed by atoms with E-state index in [0.717, 1.165) is 52.9 Å². The molecule has 0 unspecified atom stereocenters. The standard InChI is InChI=1S/C21H23N3O/c1-3-22-16-12-19-17(10-13(16)2)23-18-11-14-6-4-8-24-9-5-7-15(20(14)24)21(18)25-19/h10-12H,3-9H2,1-2H3. The number of anilines is 1. The lowest BCUT2D eigenvalue weighted by Gasteiger charge is -2.37. The van der Waals surface area contributed by atoms with Gasteiger partial charge in [-0.05, 0) is 62.8 Å². The zero-order valence-corrected chi connectivity index (χ0v) is 14.9. The summed E-state index contributed by atoms with van der Waals surface area (Å²) in [6, 6.07) is 6.41. The molecule has 0 bridgehead atoms. The van der Waals surface area contributed by atoms with Gasteiger partial charge in [0.25, 0.3) is 0 Å². The van der Waals surface area contributed by atoms with Crippen LogP contribution in [0, 0.1) is 6.92 Å². The lowest BCUT2D eigenvalue weighted by molar-refractivity contribution is 0.589. The largest absolute Gasteiger partial charge is 0.452 e. The molecule has 1 aliphatic carbocycles. The van der Waals surface area contributed by atoms with E-state index in [-0.39, 0.29) is 0 Å². The first kappa shape index (κ1) is 14.9. The van der Waals surface area contributed by atoms with Gasteiger partial charge in [-0.25, -0.2) is 4.98 Å². The zero-order chi connectivity index (χ0) is 17.0. The van der Waals surface area contributed by atoms with Gasteiger partial charge in [0.2, 0.25) is 0 Å². The van der Waals surface area contributed by atoms with Crippen molar-refractivity contribution in [1.29, 1.82) is 0 Å². The van der Waals surface area contributed by atoms with Gasteiger partial charge in [-0.15, -0.1) is 0 Å². The topological polar surface area (TPSA) is 41.6 Å². The predicted octanol–water partition coefficient (Wildman–Crippen LogP) is 3.86. The summed E-state index contributed by atoms with van der Waals surface area (Å²) in [4.78, 5) is 12.1. The maximum absolute atomic E-state index is 6.41. The first-order valence-electron chi connectivity index (χ1n) is 9.40. The monoisotopic (exact) mass is 333 g/mol. The maximum atomic E-state index is 6.41. The molecule has 1 aromatic carbocycles. The number of hydrogen-bond acceptors (Lipinski definition) is 4. The van der Waals surface area contributed by atoms with E-state index in [1.165, 1.54) is 42.7 Å². The third-order valence-electron chi connectivity index (χ3n) is 5.51. The lowest BCUT2D eigenvalue weighted by Crippen LogP contribution is -2.34. The molecule has 0 fully saturated rings. The van der Waals surface area contributed by atoms with Crippen LogP contribution in [0.2, 0.25) is 0 Å². The second-order valence-electron chi connectivity index (χ2n) is 7.20. The van der Waals surface area contributed by atoms with Crippen molar-refractivity contribution in [3.05, 3.63) is 40.2 Å². The minimum Gasteiger partial charge on any atom is -0.452 e. The summed E-state index contributed by atoms with van der Waals surface area (Å²) < 4.78 is 6.41. The van der Waals surface area contributed by atoms with Crippen LogP contribution in [0.3, 0.4) is 0 Å². The molecule has 4 nitrogen and oxygen atoms in total. The molecule has 3 aliphatic heterocycles. The molecule has 4 heteroatoms. The Morgan fingerprint density at radius 1 is 1.16 bits per heavy atom. The van der Waals surface area contributed by atoms with Crippen LogP contribution < -0.4 is 10.3 Å². The van der Waals surface area contributed by atoms with Crippen molar-refractivity contribution in [3.8, 4) is 11.5 Å². The minimum atomic E-state index is 0.779. The van der Waals surface area contributed by atoms with Gasteiger partial charge in [0.15, 0.2) is 11.3 Å². The van der Waals surface area contributed by atoms with Gasteiger partial charge in [-0.3, -0.25) is 4.99 Å². The smallest absolute Gasteiger partial charge is 0.158 e. The van der Waals surface area contributed by atoms with Crippen molar-refractivity contribution in [1.82, 2.24) is 4.98 Å². The van der Waals surface area contributed by atoms with Crippen molar-refractivity contribution >= 4 is 16.8 Å². The molecule has 4 aliphatic rings. The molecule has 25 heavy (non-hydrogen) atoms. The van der Waals surface area contributed by atoms with Gasteiger partial charge < -0.3 is 9.32 Å². The summed E-state index contributed by atoms with van der Waals surface area (Å²) in [6.45, 7) is 7.27. The quantitative estimate of drug-likeness (QED) is 0.635. The van der Waals surface area contributed by atoms with E-state index >= 15 is 0 Å². The van der Waals surface area contributed by atoms with E-state index in [2.05, 4.69) is 35.9 Å². The summed E-state index contributed by atoms with van der Waals surface area (Å²) >= 11 is 0. The third kappa shape index (κ3) is 2.27. The summed E-state index contributed by atoms with van der Waals surface area (Å²) in [5.74, 6) is 0.842. The molecule has 128 valence electrons. The summed E-state index contributed by atoms with van der Waals surface area (Å²) in [7, 11) is 0. The maximum Gasteiger partial charge on any atom is 0.158 e. The van der Waals surface area contributed by atoms with E-state index in [4.69, 9.17) is 9.40 Å². The fraction of sp³-hybridized carbons (Fsp3) is 0.429. The molecule has 0 saturated carbocycles. The number of benzene rings is 2. The Hall–Kier alpha value is -2.36. The third-order valence-corrected chi connectivity index (χ3v) is 5.51. The van der Waals surface area contributed by atoms with E-state index in [9.17, 15) is 0 Å². The SMILES string of the molecule is CCN=c1cc2oc3c4c5c(cc3nc-2cc1C)CCCN5CCC4. The van der Waals surface area contributed by atoms with Gasteiger partial charge in [-0.2, -0.15) is 0 Å². The molecular weight excluding hydrogens is 310 g/mol. The van der Waals surface area contributed by atoms with Crippen LogP contribution in [-0.2, 0) is 12.8 Å². The zero-order valence-electron chi connectivity index (χ0n) is 14.9. The number of aryl methyl sites for hydroxylation is 3. The van der Waals surface area contributed by atoms with Crippen molar-refractivity contribution in [2.45, 2.75) is 39.5 Å². The Morgan fingerprint density at radius 2 is 2.00 bits per heavy atom. The second-order valence-corrected chi connectivity index (χ2v) is 7.20. The van der Waals surface area contributed by atoms with Crippen LogP contribution in [0.4, 0.5) is 5.69 Å². The van der Waals surface area contributed by atoms with Crippen molar-refractivity contribution < 1.29 is 4.42 Å². The van der Waals surface area contributed by atoms with Gasteiger partial charge >= 0.3 is 0 Å². The van der Waals surface area contributed by atoms with Crippen LogP contribution in [0.5, 0.6) is 0 Å². The van der Waals surface area contributed by atoms with Crippen LogP contribution in [0.15, 0.2) is 27.6 Å². The molecule has 5 rings (SSSR count). The van der Waals surface area contributed by atoms with Gasteiger partial charge in [0.05, 0.1) is 5.36 Å². The normalized spacial score (nSPS) is 17.4. The number of rotatable bonds is 1. The summed E-state index contributed by atoms with van der Waals surface area (Å²) in [5.41, 5.74) is 8.30. The van der Waals surface area contributed by atoms with Crippen LogP contribution >= 0.6 is 0 Å². The average molecular weight is 333 g/mol. The molecule has 1 aromatic rings. The van der Waals surface area contributed by atoms with E-state index in [0.29, 0.717) is 0 Å². The molecule has 0 N–H and O–H groups in total. The Kier molecular flexibility index (Phi) is 3.34. The first-order valence-corrected chi connectivity index (χ1v) is 9.40. The molecule has 0 saturated heterocycles. The number of aromatic nitrogens is 1. The number of hydrogen-bond donors (Lipinski definition) is 0. The molecule has 0 aromatic heterocycles. The van der Waals surface area contributed by atoms with Gasteiger partial charge in [-0.1, -0.05) is 0 Å². The molecule has 0 atom stereocenters. The van der Waals surface area contributed by atoms with Gasteiger partial charge in [0.1, 0.15) is 11.2 Å². The molecule has 0 spiro atoms. The number of fused-ring (bicyclic) bond motifs is 3. The highest BCUT2D eigenvalue weighted by Crippen LogP contribution is 2.40. The average Bonchev–Trinajstić information content (AvgIpc) is 2.62. The van der Waals surface area contributed by atoms with Crippen molar-refractivity contribution in [2.75, 3.05) is 24.5 Å². The number of nitrogens with zero attached hydrogens (tertiary/aromatic N) is 3. The molecule has 0 radical (unpaired) electrons.